The van der Waals surface area contributed by atoms with E-state index in [-0.39, 0.29) is 17.7 Å². The number of aliphatic imine (C=N–C) groups is 1. The zero-order valence-corrected chi connectivity index (χ0v) is 16.0. The lowest BCUT2D eigenvalue weighted by Gasteiger charge is -2.18. The molecule has 1 aromatic heterocycles. The Morgan fingerprint density at radius 3 is 2.96 bits per heavy atom. The molecule has 8 heteroatoms. The van der Waals surface area contributed by atoms with Crippen LogP contribution in [0.15, 0.2) is 45.2 Å². The normalized spacial score (nSPS) is 12.7. The highest BCUT2D eigenvalue weighted by atomic mass is 32.2. The molecule has 0 aliphatic rings. The Hall–Kier alpha value is -1.80. The second-order valence-corrected chi connectivity index (χ2v) is 7.48. The van der Waals surface area contributed by atoms with Gasteiger partial charge in [-0.2, -0.15) is 0 Å². The van der Waals surface area contributed by atoms with Crippen molar-refractivity contribution in [2.45, 2.75) is 23.8 Å². The van der Waals surface area contributed by atoms with Gasteiger partial charge in [0.05, 0.1) is 6.54 Å². The van der Waals surface area contributed by atoms with E-state index in [1.807, 2.05) is 18.5 Å². The van der Waals surface area contributed by atoms with Gasteiger partial charge in [-0.3, -0.25) is 4.99 Å². The number of aromatic nitrogens is 1. The quantitative estimate of drug-likeness (QED) is 0.301. The minimum absolute atomic E-state index is 0.184. The van der Waals surface area contributed by atoms with Crippen molar-refractivity contribution in [3.05, 3.63) is 41.7 Å². The number of ether oxygens (including phenoxy) is 1. The number of nitrogens with one attached hydrogen (secondary N) is 2. The standard InChI is InChI=1S/C17H23FN4OS2/c1-13(23-15-7-4-3-6-14(15)18)12-22-16(19-2)20-8-5-10-24-17-21-9-11-25-17/h3-4,6-7,9,11,13H,5,8,10,12H2,1-2H3,(H2,19,20,22). The van der Waals surface area contributed by atoms with Crippen molar-refractivity contribution in [3.8, 4) is 5.75 Å². The summed E-state index contributed by atoms with van der Waals surface area (Å²) in [4.78, 5) is 8.42. The van der Waals surface area contributed by atoms with Crippen molar-refractivity contribution >= 4 is 29.1 Å². The second kappa shape index (κ2) is 10.9. The van der Waals surface area contributed by atoms with Crippen LogP contribution in [-0.4, -0.2) is 42.9 Å². The van der Waals surface area contributed by atoms with Gasteiger partial charge >= 0.3 is 0 Å². The number of thioether (sulfide) groups is 1. The first-order valence-corrected chi connectivity index (χ1v) is 9.93. The number of hydrogen-bond donors (Lipinski definition) is 2. The van der Waals surface area contributed by atoms with Crippen LogP contribution in [0.25, 0.3) is 0 Å². The molecule has 0 spiro atoms. The fraction of sp³-hybridized carbons (Fsp3) is 0.412. The van der Waals surface area contributed by atoms with Gasteiger partial charge in [-0.1, -0.05) is 23.9 Å². The molecule has 25 heavy (non-hydrogen) atoms. The second-order valence-electron chi connectivity index (χ2n) is 5.24. The summed E-state index contributed by atoms with van der Waals surface area (Å²) < 4.78 is 20.3. The topological polar surface area (TPSA) is 58.5 Å². The third-order valence-electron chi connectivity index (χ3n) is 3.19. The predicted octanol–water partition coefficient (Wildman–Crippen LogP) is 3.40. The SMILES string of the molecule is CN=C(NCCCSc1nccs1)NCC(C)Oc1ccccc1F. The number of hydrogen-bond acceptors (Lipinski definition) is 5. The number of guanidine groups is 1. The highest BCUT2D eigenvalue weighted by molar-refractivity contribution is 8.00. The van der Waals surface area contributed by atoms with E-state index < -0.39 is 0 Å². The number of halogens is 1. The Morgan fingerprint density at radius 1 is 1.40 bits per heavy atom. The maximum Gasteiger partial charge on any atom is 0.191 e. The van der Waals surface area contributed by atoms with Crippen LogP contribution < -0.4 is 15.4 Å². The van der Waals surface area contributed by atoms with Gasteiger partial charge in [0.15, 0.2) is 17.5 Å². The Morgan fingerprint density at radius 2 is 2.24 bits per heavy atom. The van der Waals surface area contributed by atoms with Gasteiger partial charge < -0.3 is 15.4 Å². The summed E-state index contributed by atoms with van der Waals surface area (Å²) in [5.74, 6) is 1.63. The summed E-state index contributed by atoms with van der Waals surface area (Å²) in [5, 5.41) is 8.43. The Kier molecular flexibility index (Phi) is 8.54. The predicted molar refractivity (Wildman–Crippen MR) is 103 cm³/mol. The van der Waals surface area contributed by atoms with Crippen LogP contribution in [0.2, 0.25) is 0 Å². The molecule has 2 N–H and O–H groups in total. The molecular weight excluding hydrogens is 359 g/mol. The molecule has 2 aromatic rings. The van der Waals surface area contributed by atoms with Crippen LogP contribution >= 0.6 is 23.1 Å². The molecule has 1 aromatic carbocycles. The van der Waals surface area contributed by atoms with Gasteiger partial charge in [-0.25, -0.2) is 9.37 Å². The van der Waals surface area contributed by atoms with E-state index in [0.717, 1.165) is 23.1 Å². The molecular formula is C17H23FN4OS2. The van der Waals surface area contributed by atoms with Gasteiger partial charge in [0.2, 0.25) is 0 Å². The molecule has 0 amide bonds. The molecule has 0 aliphatic heterocycles. The molecule has 0 bridgehead atoms. The molecule has 1 unspecified atom stereocenters. The lowest BCUT2D eigenvalue weighted by Crippen LogP contribution is -2.42. The zero-order chi connectivity index (χ0) is 17.9. The van der Waals surface area contributed by atoms with E-state index in [0.29, 0.717) is 12.5 Å². The maximum atomic E-state index is 13.6. The summed E-state index contributed by atoms with van der Waals surface area (Å²) in [6.45, 7) is 3.24. The Labute approximate surface area is 156 Å². The van der Waals surface area contributed by atoms with Crippen molar-refractivity contribution in [2.75, 3.05) is 25.9 Å². The minimum Gasteiger partial charge on any atom is -0.486 e. The summed E-state index contributed by atoms with van der Waals surface area (Å²) >= 11 is 3.42. The maximum absolute atomic E-state index is 13.6. The van der Waals surface area contributed by atoms with E-state index in [1.165, 1.54) is 6.07 Å². The average Bonchev–Trinajstić information content (AvgIpc) is 3.13. The Balaban J connectivity index is 1.61. The van der Waals surface area contributed by atoms with Crippen molar-refractivity contribution in [3.63, 3.8) is 0 Å². The van der Waals surface area contributed by atoms with Crippen LogP contribution in [0.5, 0.6) is 5.75 Å². The molecule has 136 valence electrons. The number of para-hydroxylation sites is 1. The molecule has 1 heterocycles. The molecule has 2 rings (SSSR count). The van der Waals surface area contributed by atoms with Crippen molar-refractivity contribution < 1.29 is 9.13 Å². The van der Waals surface area contributed by atoms with Gasteiger partial charge in [0, 0.05) is 30.9 Å². The van der Waals surface area contributed by atoms with E-state index in [9.17, 15) is 4.39 Å². The van der Waals surface area contributed by atoms with E-state index in [4.69, 9.17) is 4.74 Å². The summed E-state index contributed by atoms with van der Waals surface area (Å²) in [6, 6.07) is 6.41. The number of rotatable bonds is 9. The monoisotopic (exact) mass is 382 g/mol. The molecule has 5 nitrogen and oxygen atoms in total. The van der Waals surface area contributed by atoms with Crippen LogP contribution in [0, 0.1) is 5.82 Å². The van der Waals surface area contributed by atoms with Crippen LogP contribution in [0.4, 0.5) is 4.39 Å². The first-order chi connectivity index (χ1) is 12.2. The summed E-state index contributed by atoms with van der Waals surface area (Å²) in [6.07, 6.45) is 2.64. The van der Waals surface area contributed by atoms with Crippen LogP contribution in [-0.2, 0) is 0 Å². The lowest BCUT2D eigenvalue weighted by atomic mass is 10.3. The molecule has 0 saturated carbocycles. The average molecular weight is 383 g/mol. The van der Waals surface area contributed by atoms with Gasteiger partial charge in [-0.15, -0.1) is 11.3 Å². The third-order valence-corrected chi connectivity index (χ3v) is 5.25. The highest BCUT2D eigenvalue weighted by Gasteiger charge is 2.08. The molecule has 0 radical (unpaired) electrons. The number of nitrogens with zero attached hydrogens (tertiary/aromatic N) is 2. The molecule has 0 aliphatic carbocycles. The summed E-state index contributed by atoms with van der Waals surface area (Å²) in [5.41, 5.74) is 0. The fourth-order valence-electron chi connectivity index (χ4n) is 1.98. The number of thiazole rings is 1. The first-order valence-electron chi connectivity index (χ1n) is 8.07. The molecule has 0 fully saturated rings. The van der Waals surface area contributed by atoms with Crippen molar-refractivity contribution in [1.29, 1.82) is 0 Å². The van der Waals surface area contributed by atoms with Crippen LogP contribution in [0.3, 0.4) is 0 Å². The van der Waals surface area contributed by atoms with E-state index in [2.05, 4.69) is 20.6 Å². The van der Waals surface area contributed by atoms with E-state index >= 15 is 0 Å². The molecule has 1 atom stereocenters. The van der Waals surface area contributed by atoms with Crippen LogP contribution in [0.1, 0.15) is 13.3 Å². The summed E-state index contributed by atoms with van der Waals surface area (Å²) in [7, 11) is 1.72. The Bertz CT molecular complexity index is 652. The smallest absolute Gasteiger partial charge is 0.191 e. The molecule has 0 saturated heterocycles. The fourth-order valence-corrected chi connectivity index (χ4v) is 3.63. The minimum atomic E-state index is -0.352. The number of benzene rings is 1. The first kappa shape index (κ1) is 19.5. The van der Waals surface area contributed by atoms with Crippen molar-refractivity contribution in [2.24, 2.45) is 4.99 Å². The lowest BCUT2D eigenvalue weighted by molar-refractivity contribution is 0.214. The largest absolute Gasteiger partial charge is 0.486 e. The van der Waals surface area contributed by atoms with Crippen molar-refractivity contribution in [1.82, 2.24) is 15.6 Å². The third kappa shape index (κ3) is 7.31. The van der Waals surface area contributed by atoms with Gasteiger partial charge in [0.25, 0.3) is 0 Å². The van der Waals surface area contributed by atoms with Gasteiger partial charge in [0.1, 0.15) is 10.4 Å². The van der Waals surface area contributed by atoms with E-state index in [1.54, 1.807) is 48.3 Å². The zero-order valence-electron chi connectivity index (χ0n) is 14.4. The highest BCUT2D eigenvalue weighted by Crippen LogP contribution is 2.20. The van der Waals surface area contributed by atoms with Gasteiger partial charge in [-0.05, 0) is 25.5 Å².